The van der Waals surface area contributed by atoms with Gasteiger partial charge in [-0.3, -0.25) is 4.79 Å². The van der Waals surface area contributed by atoms with Gasteiger partial charge in [0, 0.05) is 25.1 Å². The third-order valence-electron chi connectivity index (χ3n) is 4.11. The largest absolute Gasteiger partial charge is 0.381 e. The van der Waals surface area contributed by atoms with Crippen molar-refractivity contribution in [2.45, 2.75) is 12.3 Å². The lowest BCUT2D eigenvalue weighted by Gasteiger charge is -2.19. The van der Waals surface area contributed by atoms with Crippen LogP contribution in [0, 0.1) is 11.6 Å². The highest BCUT2D eigenvalue weighted by molar-refractivity contribution is 6.06. The van der Waals surface area contributed by atoms with E-state index in [1.807, 2.05) is 6.07 Å². The molecule has 1 amide bonds. The summed E-state index contributed by atoms with van der Waals surface area (Å²) in [6, 6.07) is 10.7. The van der Waals surface area contributed by atoms with Crippen LogP contribution >= 0.6 is 0 Å². The van der Waals surface area contributed by atoms with Gasteiger partial charge in [-0.15, -0.1) is 0 Å². The van der Waals surface area contributed by atoms with Crippen molar-refractivity contribution in [3.63, 3.8) is 0 Å². The van der Waals surface area contributed by atoms with E-state index in [2.05, 4.69) is 0 Å². The average Bonchev–Trinajstić information content (AvgIpc) is 3.08. The molecule has 1 unspecified atom stereocenters. The van der Waals surface area contributed by atoms with Gasteiger partial charge in [0.15, 0.2) is 0 Å². The molecule has 2 aromatic carbocycles. The van der Waals surface area contributed by atoms with E-state index < -0.39 is 17.5 Å². The highest BCUT2D eigenvalue weighted by Gasteiger charge is 2.22. The van der Waals surface area contributed by atoms with Gasteiger partial charge in [0.25, 0.3) is 5.91 Å². The summed E-state index contributed by atoms with van der Waals surface area (Å²) < 4.78 is 33.1. The second-order valence-electron chi connectivity index (χ2n) is 5.62. The molecule has 0 aliphatic carbocycles. The number of nitrogens with zero attached hydrogens (tertiary/aromatic N) is 1. The molecule has 1 aliphatic rings. The number of amides is 1. The summed E-state index contributed by atoms with van der Waals surface area (Å²) in [5.41, 5.74) is 1.07. The van der Waals surface area contributed by atoms with E-state index in [0.29, 0.717) is 18.8 Å². The summed E-state index contributed by atoms with van der Waals surface area (Å²) in [4.78, 5) is 13.6. The third kappa shape index (κ3) is 3.10. The quantitative estimate of drug-likeness (QED) is 0.863. The lowest BCUT2D eigenvalue weighted by Crippen LogP contribution is -2.28. The number of para-hydroxylation sites is 1. The molecular weight excluding hydrogens is 300 g/mol. The molecule has 1 saturated heterocycles. The van der Waals surface area contributed by atoms with Crippen molar-refractivity contribution < 1.29 is 18.3 Å². The van der Waals surface area contributed by atoms with Gasteiger partial charge in [0.1, 0.15) is 17.3 Å². The van der Waals surface area contributed by atoms with Gasteiger partial charge in [0.05, 0.1) is 6.61 Å². The molecule has 1 aliphatic heterocycles. The lowest BCUT2D eigenvalue weighted by atomic mass is 9.96. The minimum atomic E-state index is -0.763. The molecule has 0 spiro atoms. The molecular formula is C18H17F2NO2. The molecule has 120 valence electrons. The number of hydrogen-bond acceptors (Lipinski definition) is 2. The molecule has 3 rings (SSSR count). The summed E-state index contributed by atoms with van der Waals surface area (Å²) in [7, 11) is 1.37. The summed E-state index contributed by atoms with van der Waals surface area (Å²) in [6.07, 6.45) is 0.912. The van der Waals surface area contributed by atoms with Crippen molar-refractivity contribution in [1.29, 1.82) is 0 Å². The highest BCUT2D eigenvalue weighted by atomic mass is 19.1. The van der Waals surface area contributed by atoms with Crippen LogP contribution in [0.1, 0.15) is 28.3 Å². The average molecular weight is 317 g/mol. The van der Waals surface area contributed by atoms with E-state index in [1.54, 1.807) is 18.2 Å². The Balaban J connectivity index is 1.89. The molecule has 1 fully saturated rings. The predicted octanol–water partition coefficient (Wildman–Crippen LogP) is 3.75. The molecule has 1 heterocycles. The zero-order valence-corrected chi connectivity index (χ0v) is 12.8. The van der Waals surface area contributed by atoms with E-state index in [9.17, 15) is 13.6 Å². The van der Waals surface area contributed by atoms with Crippen LogP contribution in [0.25, 0.3) is 0 Å². The van der Waals surface area contributed by atoms with Crippen molar-refractivity contribution in [2.24, 2.45) is 0 Å². The first kappa shape index (κ1) is 15.6. The Morgan fingerprint density at radius 1 is 1.17 bits per heavy atom. The maximum absolute atomic E-state index is 13.9. The van der Waals surface area contributed by atoms with Crippen molar-refractivity contribution in [3.05, 3.63) is 65.2 Å². The van der Waals surface area contributed by atoms with Crippen LogP contribution < -0.4 is 4.90 Å². The summed E-state index contributed by atoms with van der Waals surface area (Å²) in [6.45, 7) is 1.35. The van der Waals surface area contributed by atoms with Gasteiger partial charge in [-0.05, 0) is 36.2 Å². The van der Waals surface area contributed by atoms with Crippen molar-refractivity contribution in [2.75, 3.05) is 25.2 Å². The highest BCUT2D eigenvalue weighted by Crippen LogP contribution is 2.27. The first-order chi connectivity index (χ1) is 11.1. The molecule has 0 aromatic heterocycles. The monoisotopic (exact) mass is 317 g/mol. The van der Waals surface area contributed by atoms with Crippen LogP contribution in [0.5, 0.6) is 0 Å². The molecule has 0 N–H and O–H groups in total. The van der Waals surface area contributed by atoms with Crippen LogP contribution in [-0.2, 0) is 4.74 Å². The van der Waals surface area contributed by atoms with E-state index in [1.165, 1.54) is 13.1 Å². The Kier molecular flexibility index (Phi) is 4.39. The number of halogens is 2. The Labute approximate surface area is 133 Å². The number of ether oxygens (including phenoxy) is 1. The van der Waals surface area contributed by atoms with Gasteiger partial charge < -0.3 is 9.64 Å². The molecule has 0 saturated carbocycles. The Morgan fingerprint density at radius 2 is 1.87 bits per heavy atom. The predicted molar refractivity (Wildman–Crippen MR) is 83.7 cm³/mol. The fraction of sp³-hybridized carbons (Fsp3) is 0.278. The molecule has 3 nitrogen and oxygen atoms in total. The summed E-state index contributed by atoms with van der Waals surface area (Å²) in [5.74, 6) is -1.71. The van der Waals surface area contributed by atoms with Gasteiger partial charge in [0.2, 0.25) is 0 Å². The lowest BCUT2D eigenvalue weighted by molar-refractivity contribution is 0.0991. The Bertz CT molecular complexity index is 706. The molecule has 0 radical (unpaired) electrons. The van der Waals surface area contributed by atoms with E-state index in [0.717, 1.165) is 29.0 Å². The summed E-state index contributed by atoms with van der Waals surface area (Å²) >= 11 is 0. The fourth-order valence-electron chi connectivity index (χ4n) is 2.83. The van der Waals surface area contributed by atoms with Crippen LogP contribution in [0.2, 0.25) is 0 Å². The number of rotatable bonds is 3. The zero-order chi connectivity index (χ0) is 16.4. The first-order valence-corrected chi connectivity index (χ1v) is 7.47. The SMILES string of the molecule is CN(C(=O)c1cccc(C2CCOC2)c1)c1c(F)cccc1F. The standard InChI is InChI=1S/C18H17F2NO2/c1-21(17-15(19)6-3-7-16(17)20)18(22)13-5-2-4-12(10-13)14-8-9-23-11-14/h2-7,10,14H,8-9,11H2,1H3. The Morgan fingerprint density at radius 3 is 2.52 bits per heavy atom. The smallest absolute Gasteiger partial charge is 0.258 e. The van der Waals surface area contributed by atoms with E-state index in [4.69, 9.17) is 4.74 Å². The van der Waals surface area contributed by atoms with Crippen LogP contribution in [-0.4, -0.2) is 26.2 Å². The van der Waals surface area contributed by atoms with Crippen LogP contribution in [0.15, 0.2) is 42.5 Å². The molecule has 2 aromatic rings. The van der Waals surface area contributed by atoms with E-state index in [-0.39, 0.29) is 11.6 Å². The molecule has 23 heavy (non-hydrogen) atoms. The second-order valence-corrected chi connectivity index (χ2v) is 5.62. The van der Waals surface area contributed by atoms with E-state index >= 15 is 0 Å². The Hall–Kier alpha value is -2.27. The molecule has 0 bridgehead atoms. The van der Waals surface area contributed by atoms with Gasteiger partial charge >= 0.3 is 0 Å². The minimum Gasteiger partial charge on any atom is -0.381 e. The van der Waals surface area contributed by atoms with Gasteiger partial charge in [-0.2, -0.15) is 0 Å². The maximum Gasteiger partial charge on any atom is 0.258 e. The third-order valence-corrected chi connectivity index (χ3v) is 4.11. The van der Waals surface area contributed by atoms with Gasteiger partial charge in [-0.1, -0.05) is 18.2 Å². The number of carbonyl (C=O) groups excluding carboxylic acids is 1. The van der Waals surface area contributed by atoms with Crippen LogP contribution in [0.3, 0.4) is 0 Å². The van der Waals surface area contributed by atoms with Crippen molar-refractivity contribution in [1.82, 2.24) is 0 Å². The normalized spacial score (nSPS) is 17.3. The van der Waals surface area contributed by atoms with Crippen molar-refractivity contribution in [3.8, 4) is 0 Å². The number of benzene rings is 2. The zero-order valence-electron chi connectivity index (χ0n) is 12.8. The minimum absolute atomic E-state index is 0.262. The summed E-state index contributed by atoms with van der Waals surface area (Å²) in [5, 5.41) is 0. The van der Waals surface area contributed by atoms with Gasteiger partial charge in [-0.25, -0.2) is 8.78 Å². The maximum atomic E-state index is 13.9. The fourth-order valence-corrected chi connectivity index (χ4v) is 2.83. The van der Waals surface area contributed by atoms with Crippen molar-refractivity contribution >= 4 is 11.6 Å². The number of anilines is 1. The topological polar surface area (TPSA) is 29.5 Å². The van der Waals surface area contributed by atoms with Crippen LogP contribution in [0.4, 0.5) is 14.5 Å². The number of carbonyl (C=O) groups is 1. The number of hydrogen-bond donors (Lipinski definition) is 0. The second kappa shape index (κ2) is 6.46. The molecule has 1 atom stereocenters. The molecule has 5 heteroatoms. The first-order valence-electron chi connectivity index (χ1n) is 7.47.